The summed E-state index contributed by atoms with van der Waals surface area (Å²) in [6.07, 6.45) is 10.9. The maximum absolute atomic E-state index is 10.9. The second kappa shape index (κ2) is 6.11. The first-order valence-electron chi connectivity index (χ1n) is 8.32. The average molecular weight is 267 g/mol. The highest BCUT2D eigenvalue weighted by Crippen LogP contribution is 2.42. The molecule has 0 radical (unpaired) electrons. The Kier molecular flexibility index (Phi) is 4.45. The summed E-state index contributed by atoms with van der Waals surface area (Å²) in [6, 6.07) is 0. The van der Waals surface area contributed by atoms with Gasteiger partial charge in [-0.05, 0) is 64.0 Å². The van der Waals surface area contributed by atoms with Crippen LogP contribution in [0.3, 0.4) is 0 Å². The van der Waals surface area contributed by atoms with Crippen LogP contribution in [0.1, 0.15) is 57.8 Å². The van der Waals surface area contributed by atoms with Gasteiger partial charge >= 0.3 is 0 Å². The third-order valence-electron chi connectivity index (χ3n) is 5.72. The van der Waals surface area contributed by atoms with Gasteiger partial charge in [0, 0.05) is 18.8 Å². The molecule has 3 fully saturated rings. The van der Waals surface area contributed by atoms with Crippen LogP contribution in [-0.4, -0.2) is 48.0 Å². The van der Waals surface area contributed by atoms with Crippen LogP contribution >= 0.6 is 0 Å². The van der Waals surface area contributed by atoms with Gasteiger partial charge in [0.25, 0.3) is 0 Å². The molecule has 2 saturated heterocycles. The molecule has 0 aromatic heterocycles. The highest BCUT2D eigenvalue weighted by molar-refractivity contribution is 5.02. The van der Waals surface area contributed by atoms with Crippen molar-refractivity contribution < 1.29 is 9.84 Å². The minimum Gasteiger partial charge on any atom is -0.391 e. The normalized spacial score (nSPS) is 30.8. The van der Waals surface area contributed by atoms with E-state index in [4.69, 9.17) is 4.74 Å². The summed E-state index contributed by atoms with van der Waals surface area (Å²) in [6.45, 7) is 4.22. The number of aliphatic hydroxyl groups excluding tert-OH is 1. The van der Waals surface area contributed by atoms with Crippen LogP contribution in [0.4, 0.5) is 0 Å². The molecule has 1 atom stereocenters. The van der Waals surface area contributed by atoms with E-state index in [1.165, 1.54) is 51.6 Å². The third kappa shape index (κ3) is 2.84. The lowest BCUT2D eigenvalue weighted by atomic mass is 9.81. The Hall–Kier alpha value is -0.120. The van der Waals surface area contributed by atoms with Crippen LogP contribution in [-0.2, 0) is 4.74 Å². The van der Waals surface area contributed by atoms with E-state index in [-0.39, 0.29) is 11.6 Å². The van der Waals surface area contributed by atoms with Crippen molar-refractivity contribution in [2.24, 2.45) is 5.92 Å². The lowest BCUT2D eigenvalue weighted by Crippen LogP contribution is -2.54. The van der Waals surface area contributed by atoms with E-state index in [0.717, 1.165) is 32.5 Å². The highest BCUT2D eigenvalue weighted by atomic mass is 16.5. The summed E-state index contributed by atoms with van der Waals surface area (Å²) in [5, 5.41) is 10.9. The van der Waals surface area contributed by atoms with Crippen LogP contribution in [0.2, 0.25) is 0 Å². The molecule has 0 spiro atoms. The quantitative estimate of drug-likeness (QED) is 0.850. The summed E-state index contributed by atoms with van der Waals surface area (Å²) in [5.74, 6) is 0.684. The van der Waals surface area contributed by atoms with E-state index in [2.05, 4.69) is 4.90 Å². The molecule has 3 heteroatoms. The second-order valence-corrected chi connectivity index (χ2v) is 6.81. The Morgan fingerprint density at radius 2 is 1.68 bits per heavy atom. The van der Waals surface area contributed by atoms with Crippen LogP contribution in [0, 0.1) is 5.92 Å². The van der Waals surface area contributed by atoms with E-state index in [0.29, 0.717) is 5.92 Å². The molecule has 0 amide bonds. The lowest BCUT2D eigenvalue weighted by Gasteiger charge is -2.44. The number of likely N-dealkylation sites (tertiary alicyclic amines) is 1. The van der Waals surface area contributed by atoms with Crippen molar-refractivity contribution in [3.63, 3.8) is 0 Å². The van der Waals surface area contributed by atoms with Crippen LogP contribution in [0.15, 0.2) is 0 Å². The highest BCUT2D eigenvalue weighted by Gasteiger charge is 2.46. The minimum absolute atomic E-state index is 0.115. The molecule has 1 saturated carbocycles. The van der Waals surface area contributed by atoms with E-state index in [1.807, 2.05) is 0 Å². The van der Waals surface area contributed by atoms with Crippen LogP contribution < -0.4 is 0 Å². The van der Waals surface area contributed by atoms with Crippen molar-refractivity contribution in [2.75, 3.05) is 26.3 Å². The lowest BCUT2D eigenvalue weighted by molar-refractivity contribution is -0.0408. The first-order valence-corrected chi connectivity index (χ1v) is 8.32. The van der Waals surface area contributed by atoms with E-state index < -0.39 is 0 Å². The Morgan fingerprint density at radius 3 is 2.32 bits per heavy atom. The molecule has 19 heavy (non-hydrogen) atoms. The van der Waals surface area contributed by atoms with Crippen molar-refractivity contribution in [1.29, 1.82) is 0 Å². The standard InChI is InChI=1S/C16H29NO2/c18-15(13-14-5-11-19-12-6-14)16(7-1-2-8-16)17-9-3-4-10-17/h14-15,18H,1-13H2. The zero-order chi connectivity index (χ0) is 13.1. The fourth-order valence-electron chi connectivity index (χ4n) is 4.53. The van der Waals surface area contributed by atoms with E-state index >= 15 is 0 Å². The van der Waals surface area contributed by atoms with Crippen molar-refractivity contribution in [3.8, 4) is 0 Å². The van der Waals surface area contributed by atoms with Gasteiger partial charge in [-0.1, -0.05) is 12.8 Å². The van der Waals surface area contributed by atoms with Gasteiger partial charge in [0.05, 0.1) is 6.10 Å². The molecule has 2 aliphatic heterocycles. The maximum atomic E-state index is 10.9. The number of hydrogen-bond donors (Lipinski definition) is 1. The number of nitrogens with zero attached hydrogens (tertiary/aromatic N) is 1. The van der Waals surface area contributed by atoms with Gasteiger partial charge in [0.15, 0.2) is 0 Å². The van der Waals surface area contributed by atoms with E-state index in [9.17, 15) is 5.11 Å². The Bertz CT molecular complexity index is 276. The average Bonchev–Trinajstić information content (AvgIpc) is 3.12. The largest absolute Gasteiger partial charge is 0.391 e. The molecule has 3 nitrogen and oxygen atoms in total. The molecule has 110 valence electrons. The summed E-state index contributed by atoms with van der Waals surface area (Å²) < 4.78 is 5.44. The van der Waals surface area contributed by atoms with Gasteiger partial charge in [-0.3, -0.25) is 4.90 Å². The Balaban J connectivity index is 1.64. The van der Waals surface area contributed by atoms with Crippen molar-refractivity contribution in [1.82, 2.24) is 4.90 Å². The molecule has 0 aromatic carbocycles. The van der Waals surface area contributed by atoms with Crippen molar-refractivity contribution in [2.45, 2.75) is 69.4 Å². The number of rotatable bonds is 4. The van der Waals surface area contributed by atoms with Gasteiger partial charge in [0.1, 0.15) is 0 Å². The van der Waals surface area contributed by atoms with E-state index in [1.54, 1.807) is 0 Å². The monoisotopic (exact) mass is 267 g/mol. The summed E-state index contributed by atoms with van der Waals surface area (Å²) in [5.41, 5.74) is 0.134. The number of ether oxygens (including phenoxy) is 1. The Morgan fingerprint density at radius 1 is 1.05 bits per heavy atom. The van der Waals surface area contributed by atoms with Gasteiger partial charge in [-0.25, -0.2) is 0 Å². The van der Waals surface area contributed by atoms with Crippen LogP contribution in [0.5, 0.6) is 0 Å². The minimum atomic E-state index is -0.115. The molecule has 3 aliphatic rings. The van der Waals surface area contributed by atoms with Crippen molar-refractivity contribution in [3.05, 3.63) is 0 Å². The number of hydrogen-bond acceptors (Lipinski definition) is 3. The predicted octanol–water partition coefficient (Wildman–Crippen LogP) is 2.57. The Labute approximate surface area is 117 Å². The molecule has 0 aromatic rings. The summed E-state index contributed by atoms with van der Waals surface area (Å²) >= 11 is 0. The number of aliphatic hydroxyl groups is 1. The maximum Gasteiger partial charge on any atom is 0.0726 e. The molecular weight excluding hydrogens is 238 g/mol. The molecular formula is C16H29NO2. The fourth-order valence-corrected chi connectivity index (χ4v) is 4.53. The zero-order valence-electron chi connectivity index (χ0n) is 12.1. The predicted molar refractivity (Wildman–Crippen MR) is 76.2 cm³/mol. The SMILES string of the molecule is OC(CC1CCOCC1)C1(N2CCCC2)CCCC1. The van der Waals surface area contributed by atoms with Crippen LogP contribution in [0.25, 0.3) is 0 Å². The molecule has 1 unspecified atom stereocenters. The molecule has 3 rings (SSSR count). The van der Waals surface area contributed by atoms with Gasteiger partial charge in [-0.15, -0.1) is 0 Å². The smallest absolute Gasteiger partial charge is 0.0726 e. The third-order valence-corrected chi connectivity index (χ3v) is 5.72. The molecule has 0 bridgehead atoms. The summed E-state index contributed by atoms with van der Waals surface area (Å²) in [7, 11) is 0. The summed E-state index contributed by atoms with van der Waals surface area (Å²) in [4.78, 5) is 2.63. The van der Waals surface area contributed by atoms with Crippen molar-refractivity contribution >= 4 is 0 Å². The fraction of sp³-hybridized carbons (Fsp3) is 1.00. The first-order chi connectivity index (χ1) is 9.31. The molecule has 1 N–H and O–H groups in total. The second-order valence-electron chi connectivity index (χ2n) is 6.81. The van der Waals surface area contributed by atoms with Gasteiger partial charge in [0.2, 0.25) is 0 Å². The van der Waals surface area contributed by atoms with Gasteiger partial charge < -0.3 is 9.84 Å². The molecule has 1 aliphatic carbocycles. The van der Waals surface area contributed by atoms with Gasteiger partial charge in [-0.2, -0.15) is 0 Å². The first kappa shape index (κ1) is 13.8. The molecule has 2 heterocycles. The topological polar surface area (TPSA) is 32.7 Å². The zero-order valence-corrected chi connectivity index (χ0v) is 12.1.